The molecule has 1 aromatic carbocycles. The van der Waals surface area contributed by atoms with E-state index in [0.717, 1.165) is 29.2 Å². The lowest BCUT2D eigenvalue weighted by molar-refractivity contribution is 0.298. The molecule has 0 radical (unpaired) electrons. The molecular weight excluding hydrogens is 268 g/mol. The first kappa shape index (κ1) is 11.3. The van der Waals surface area contributed by atoms with E-state index in [-0.39, 0.29) is 0 Å². The van der Waals surface area contributed by atoms with Gasteiger partial charge in [0, 0.05) is 5.33 Å². The largest absolute Gasteiger partial charge is 0.477 e. The molecule has 0 aliphatic carbocycles. The van der Waals surface area contributed by atoms with Crippen LogP contribution in [0.25, 0.3) is 11.0 Å². The number of halogens is 1. The van der Waals surface area contributed by atoms with Crippen molar-refractivity contribution >= 4 is 27.0 Å². The van der Waals surface area contributed by atoms with Gasteiger partial charge in [-0.1, -0.05) is 28.1 Å². The zero-order valence-electron chi connectivity index (χ0n) is 8.90. The van der Waals surface area contributed by atoms with Crippen LogP contribution in [0.1, 0.15) is 12.8 Å². The molecule has 0 unspecified atom stereocenters. The van der Waals surface area contributed by atoms with Gasteiger partial charge in [-0.25, -0.2) is 9.97 Å². The van der Waals surface area contributed by atoms with Gasteiger partial charge in [0.05, 0.1) is 23.8 Å². The highest BCUT2D eigenvalue weighted by molar-refractivity contribution is 9.09. The Hall–Kier alpha value is -1.16. The third-order valence-electron chi connectivity index (χ3n) is 2.20. The summed E-state index contributed by atoms with van der Waals surface area (Å²) in [6.07, 6.45) is 3.82. The number of fused-ring (bicyclic) bond motifs is 1. The molecule has 0 spiro atoms. The minimum Gasteiger partial charge on any atom is -0.477 e. The smallest absolute Gasteiger partial charge is 0.232 e. The Balaban J connectivity index is 2.02. The average molecular weight is 281 g/mol. The van der Waals surface area contributed by atoms with Crippen LogP contribution in [0.5, 0.6) is 5.88 Å². The highest BCUT2D eigenvalue weighted by Gasteiger charge is 1.99. The molecule has 1 aromatic heterocycles. The number of unbranched alkanes of at least 4 members (excludes halogenated alkanes) is 1. The molecule has 0 fully saturated rings. The molecule has 0 saturated carbocycles. The lowest BCUT2D eigenvalue weighted by Crippen LogP contribution is -2.00. The zero-order valence-corrected chi connectivity index (χ0v) is 10.5. The average Bonchev–Trinajstić information content (AvgIpc) is 2.34. The van der Waals surface area contributed by atoms with E-state index in [9.17, 15) is 0 Å². The Morgan fingerprint density at radius 3 is 2.75 bits per heavy atom. The Morgan fingerprint density at radius 1 is 1.12 bits per heavy atom. The van der Waals surface area contributed by atoms with E-state index < -0.39 is 0 Å². The predicted molar refractivity (Wildman–Crippen MR) is 68.1 cm³/mol. The maximum absolute atomic E-state index is 5.52. The van der Waals surface area contributed by atoms with Crippen molar-refractivity contribution in [3.63, 3.8) is 0 Å². The van der Waals surface area contributed by atoms with Crippen LogP contribution in [0.2, 0.25) is 0 Å². The fraction of sp³-hybridized carbons (Fsp3) is 0.333. The Morgan fingerprint density at radius 2 is 1.94 bits per heavy atom. The van der Waals surface area contributed by atoms with Gasteiger partial charge in [-0.3, -0.25) is 0 Å². The summed E-state index contributed by atoms with van der Waals surface area (Å²) in [6, 6.07) is 7.78. The summed E-state index contributed by atoms with van der Waals surface area (Å²) < 4.78 is 5.52. The lowest BCUT2D eigenvalue weighted by Gasteiger charge is -2.04. The molecule has 0 aliphatic rings. The van der Waals surface area contributed by atoms with Crippen molar-refractivity contribution in [1.29, 1.82) is 0 Å². The van der Waals surface area contributed by atoms with Crippen molar-refractivity contribution < 1.29 is 4.74 Å². The summed E-state index contributed by atoms with van der Waals surface area (Å²) in [7, 11) is 0. The van der Waals surface area contributed by atoms with E-state index >= 15 is 0 Å². The van der Waals surface area contributed by atoms with Gasteiger partial charge < -0.3 is 4.74 Å². The first-order valence-corrected chi connectivity index (χ1v) is 6.43. The number of nitrogens with zero attached hydrogens (tertiary/aromatic N) is 2. The summed E-state index contributed by atoms with van der Waals surface area (Å²) in [5.41, 5.74) is 1.77. The molecule has 2 rings (SSSR count). The molecule has 16 heavy (non-hydrogen) atoms. The number of alkyl halides is 1. The van der Waals surface area contributed by atoms with Gasteiger partial charge in [-0.2, -0.15) is 0 Å². The molecule has 0 atom stereocenters. The topological polar surface area (TPSA) is 35.0 Å². The summed E-state index contributed by atoms with van der Waals surface area (Å²) in [5.74, 6) is 0.605. The number of hydrogen-bond donors (Lipinski definition) is 0. The standard InChI is InChI=1S/C12H13BrN2O/c13-7-3-4-8-16-12-9-14-10-5-1-2-6-11(10)15-12/h1-2,5-6,9H,3-4,7-8H2. The molecule has 1 heterocycles. The molecule has 3 nitrogen and oxygen atoms in total. The van der Waals surface area contributed by atoms with Crippen LogP contribution in [-0.4, -0.2) is 21.9 Å². The van der Waals surface area contributed by atoms with Crippen LogP contribution in [0.15, 0.2) is 30.5 Å². The summed E-state index contributed by atoms with van der Waals surface area (Å²) >= 11 is 3.38. The maximum atomic E-state index is 5.52. The normalized spacial score (nSPS) is 10.6. The van der Waals surface area contributed by atoms with Gasteiger partial charge in [0.15, 0.2) is 0 Å². The van der Waals surface area contributed by atoms with Crippen molar-refractivity contribution in [2.45, 2.75) is 12.8 Å². The number of benzene rings is 1. The van der Waals surface area contributed by atoms with E-state index in [1.54, 1.807) is 6.20 Å². The minimum absolute atomic E-state index is 0.605. The van der Waals surface area contributed by atoms with Crippen molar-refractivity contribution in [2.24, 2.45) is 0 Å². The van der Waals surface area contributed by atoms with Gasteiger partial charge in [0.25, 0.3) is 0 Å². The quantitative estimate of drug-likeness (QED) is 0.623. The summed E-state index contributed by atoms with van der Waals surface area (Å²) in [5, 5.41) is 1.01. The predicted octanol–water partition coefficient (Wildman–Crippen LogP) is 3.18. The minimum atomic E-state index is 0.605. The number of aromatic nitrogens is 2. The second kappa shape index (κ2) is 5.80. The van der Waals surface area contributed by atoms with Crippen molar-refractivity contribution in [2.75, 3.05) is 11.9 Å². The van der Waals surface area contributed by atoms with Crippen LogP contribution >= 0.6 is 15.9 Å². The molecule has 84 valence electrons. The van der Waals surface area contributed by atoms with E-state index in [1.165, 1.54) is 0 Å². The SMILES string of the molecule is BrCCCCOc1cnc2ccccc2n1. The Labute approximate surface area is 103 Å². The van der Waals surface area contributed by atoms with Gasteiger partial charge >= 0.3 is 0 Å². The van der Waals surface area contributed by atoms with Gasteiger partial charge in [0.2, 0.25) is 5.88 Å². The van der Waals surface area contributed by atoms with Crippen LogP contribution in [0.4, 0.5) is 0 Å². The highest BCUT2D eigenvalue weighted by Crippen LogP contribution is 2.13. The molecule has 0 bridgehead atoms. The molecule has 2 aromatic rings. The number of rotatable bonds is 5. The van der Waals surface area contributed by atoms with E-state index in [4.69, 9.17) is 4.74 Å². The Kier molecular flexibility index (Phi) is 4.10. The molecule has 0 aliphatic heterocycles. The summed E-state index contributed by atoms with van der Waals surface area (Å²) in [6.45, 7) is 0.693. The maximum Gasteiger partial charge on any atom is 0.232 e. The van der Waals surface area contributed by atoms with Crippen LogP contribution < -0.4 is 4.74 Å². The van der Waals surface area contributed by atoms with Gasteiger partial charge in [-0.05, 0) is 25.0 Å². The van der Waals surface area contributed by atoms with Crippen molar-refractivity contribution in [3.8, 4) is 5.88 Å². The van der Waals surface area contributed by atoms with E-state index in [0.29, 0.717) is 12.5 Å². The first-order valence-electron chi connectivity index (χ1n) is 5.31. The molecular formula is C12H13BrN2O. The van der Waals surface area contributed by atoms with E-state index in [1.807, 2.05) is 24.3 Å². The fourth-order valence-electron chi connectivity index (χ4n) is 1.38. The highest BCUT2D eigenvalue weighted by atomic mass is 79.9. The van der Waals surface area contributed by atoms with Crippen LogP contribution in [0.3, 0.4) is 0 Å². The number of hydrogen-bond acceptors (Lipinski definition) is 3. The van der Waals surface area contributed by atoms with E-state index in [2.05, 4.69) is 25.9 Å². The molecule has 0 N–H and O–H groups in total. The van der Waals surface area contributed by atoms with Crippen LogP contribution in [-0.2, 0) is 0 Å². The molecule has 0 saturated heterocycles. The molecule has 0 amide bonds. The zero-order chi connectivity index (χ0) is 11.2. The lowest BCUT2D eigenvalue weighted by atomic mass is 10.3. The third-order valence-corrected chi connectivity index (χ3v) is 2.77. The third kappa shape index (κ3) is 2.92. The van der Waals surface area contributed by atoms with Crippen LogP contribution in [0, 0.1) is 0 Å². The van der Waals surface area contributed by atoms with Crippen molar-refractivity contribution in [3.05, 3.63) is 30.5 Å². The summed E-state index contributed by atoms with van der Waals surface area (Å²) in [4.78, 5) is 8.66. The first-order chi connectivity index (χ1) is 7.90. The van der Waals surface area contributed by atoms with Crippen molar-refractivity contribution in [1.82, 2.24) is 9.97 Å². The fourth-order valence-corrected chi connectivity index (χ4v) is 1.78. The Bertz CT molecular complexity index is 461. The second-order valence-corrected chi connectivity index (χ2v) is 4.23. The second-order valence-electron chi connectivity index (χ2n) is 3.44. The molecule has 4 heteroatoms. The number of para-hydroxylation sites is 2. The van der Waals surface area contributed by atoms with Gasteiger partial charge in [0.1, 0.15) is 0 Å². The number of ether oxygens (including phenoxy) is 1. The monoisotopic (exact) mass is 280 g/mol. The van der Waals surface area contributed by atoms with Gasteiger partial charge in [-0.15, -0.1) is 0 Å².